The molecule has 0 saturated heterocycles. The normalized spacial score (nSPS) is 10.4. The molecule has 0 unspecified atom stereocenters. The smallest absolute Gasteiger partial charge is 0.329 e. The Hall–Kier alpha value is -1.73. The highest BCUT2D eigenvalue weighted by Gasteiger charge is 2.25. The van der Waals surface area contributed by atoms with Crippen LogP contribution in [0.25, 0.3) is 0 Å². The van der Waals surface area contributed by atoms with Crippen molar-refractivity contribution in [2.45, 2.75) is 0 Å². The summed E-state index contributed by atoms with van der Waals surface area (Å²) in [5.74, 6) is -1.68. The largest absolute Gasteiger partial charge is 0.501 e. The molecule has 0 heterocycles. The Morgan fingerprint density at radius 3 is 2.26 bits per heavy atom. The zero-order valence-electron chi connectivity index (χ0n) is 10.9. The second-order valence-corrected chi connectivity index (χ2v) is 5.88. The van der Waals surface area contributed by atoms with Crippen LogP contribution in [0.1, 0.15) is 10.4 Å². The van der Waals surface area contributed by atoms with E-state index in [9.17, 15) is 20.0 Å². The van der Waals surface area contributed by atoms with Gasteiger partial charge in [0.2, 0.25) is 5.75 Å². The van der Waals surface area contributed by atoms with Gasteiger partial charge in [-0.2, -0.15) is 0 Å². The summed E-state index contributed by atoms with van der Waals surface area (Å²) in [6.45, 7) is 0. The maximum atomic E-state index is 12.2. The summed E-state index contributed by atoms with van der Waals surface area (Å²) >= 11 is 23.2. The summed E-state index contributed by atoms with van der Waals surface area (Å²) in [5.41, 5.74) is -0.981. The first kappa shape index (κ1) is 17.6. The van der Waals surface area contributed by atoms with E-state index in [0.717, 1.165) is 12.1 Å². The van der Waals surface area contributed by atoms with Gasteiger partial charge in [0.15, 0.2) is 0 Å². The Balaban J connectivity index is 2.41. The monoisotopic (exact) mass is 394 g/mol. The third kappa shape index (κ3) is 3.61. The minimum atomic E-state index is -0.888. The van der Waals surface area contributed by atoms with E-state index in [1.165, 1.54) is 12.1 Å². The fourth-order valence-corrected chi connectivity index (χ4v) is 2.54. The van der Waals surface area contributed by atoms with Gasteiger partial charge in [0.25, 0.3) is 5.91 Å². The number of phenols is 1. The number of carbonyl (C=O) groups is 1. The van der Waals surface area contributed by atoms with Crippen LogP contribution in [0.15, 0.2) is 24.3 Å². The van der Waals surface area contributed by atoms with Crippen molar-refractivity contribution in [2.75, 3.05) is 5.32 Å². The average Bonchev–Trinajstić information content (AvgIpc) is 2.44. The zero-order valence-corrected chi connectivity index (χ0v) is 14.0. The number of rotatable bonds is 3. The number of hydrogen-bond acceptors (Lipinski definition) is 4. The van der Waals surface area contributed by atoms with E-state index in [1.54, 1.807) is 0 Å². The number of nitro benzene ring substituents is 1. The number of carbonyl (C=O) groups excluding carboxylic acids is 1. The van der Waals surface area contributed by atoms with Crippen molar-refractivity contribution in [3.63, 3.8) is 0 Å². The summed E-state index contributed by atoms with van der Waals surface area (Å²) in [6, 6.07) is 4.91. The topological polar surface area (TPSA) is 92.5 Å². The van der Waals surface area contributed by atoms with E-state index >= 15 is 0 Å². The van der Waals surface area contributed by atoms with E-state index < -0.39 is 22.3 Å². The van der Waals surface area contributed by atoms with Crippen LogP contribution in [0, 0.1) is 10.1 Å². The van der Waals surface area contributed by atoms with Crippen molar-refractivity contribution in [2.24, 2.45) is 0 Å². The zero-order chi connectivity index (χ0) is 17.3. The molecule has 2 rings (SSSR count). The lowest BCUT2D eigenvalue weighted by Crippen LogP contribution is -2.13. The van der Waals surface area contributed by atoms with Crippen LogP contribution in [0.3, 0.4) is 0 Å². The van der Waals surface area contributed by atoms with Gasteiger partial charge in [-0.15, -0.1) is 0 Å². The van der Waals surface area contributed by atoms with Crippen LogP contribution in [-0.2, 0) is 0 Å². The van der Waals surface area contributed by atoms with E-state index in [4.69, 9.17) is 46.4 Å². The minimum absolute atomic E-state index is 0.107. The Kier molecular flexibility index (Phi) is 5.21. The highest BCUT2D eigenvalue weighted by molar-refractivity contribution is 6.44. The van der Waals surface area contributed by atoms with Gasteiger partial charge in [0, 0.05) is 0 Å². The molecule has 0 spiro atoms. The highest BCUT2D eigenvalue weighted by Crippen LogP contribution is 2.37. The van der Waals surface area contributed by atoms with Crippen LogP contribution in [-0.4, -0.2) is 15.9 Å². The van der Waals surface area contributed by atoms with E-state index in [-0.39, 0.29) is 31.3 Å². The Bertz CT molecular complexity index is 826. The summed E-state index contributed by atoms with van der Waals surface area (Å²) in [4.78, 5) is 22.2. The molecule has 0 fully saturated rings. The molecule has 0 atom stereocenters. The molecule has 1 amide bonds. The number of nitro groups is 1. The molecule has 2 aromatic rings. The van der Waals surface area contributed by atoms with Crippen LogP contribution in [0.4, 0.5) is 11.4 Å². The third-order valence-electron chi connectivity index (χ3n) is 2.79. The van der Waals surface area contributed by atoms with Crippen LogP contribution in [0.2, 0.25) is 20.1 Å². The molecule has 0 bridgehead atoms. The third-order valence-corrected chi connectivity index (χ3v) is 4.13. The van der Waals surface area contributed by atoms with Crippen LogP contribution in [0.5, 0.6) is 5.75 Å². The van der Waals surface area contributed by atoms with Crippen molar-refractivity contribution in [1.29, 1.82) is 0 Å². The number of nitrogens with zero attached hydrogens (tertiary/aromatic N) is 1. The fraction of sp³-hybridized carbons (Fsp3) is 0. The molecule has 0 aromatic heterocycles. The van der Waals surface area contributed by atoms with Gasteiger partial charge in [-0.05, 0) is 24.3 Å². The molecule has 0 radical (unpaired) electrons. The Morgan fingerprint density at radius 1 is 1.04 bits per heavy atom. The van der Waals surface area contributed by atoms with Crippen molar-refractivity contribution in [3.05, 3.63) is 60.0 Å². The second kappa shape index (κ2) is 6.80. The molecular formula is C13H6Cl4N2O4. The van der Waals surface area contributed by atoms with Gasteiger partial charge in [-0.3, -0.25) is 14.9 Å². The standard InChI is InChI=1S/C13H6Cl4N2O4/c14-6-2-1-5(12(20)11(6)19(22)23)13(21)18-10-4-8(16)7(15)3-9(10)17/h1-4,20H,(H,18,21). The van der Waals surface area contributed by atoms with Gasteiger partial charge < -0.3 is 10.4 Å². The minimum Gasteiger partial charge on any atom is -0.501 e. The molecule has 0 saturated carbocycles. The van der Waals surface area contributed by atoms with E-state index in [0.29, 0.717) is 0 Å². The van der Waals surface area contributed by atoms with Gasteiger partial charge in [0.1, 0.15) is 5.02 Å². The maximum Gasteiger partial charge on any atom is 0.329 e. The Morgan fingerprint density at radius 2 is 1.65 bits per heavy atom. The molecule has 0 aliphatic rings. The first-order valence-corrected chi connectivity index (χ1v) is 7.35. The molecule has 23 heavy (non-hydrogen) atoms. The number of halogens is 4. The molecule has 2 aromatic carbocycles. The fourth-order valence-electron chi connectivity index (χ4n) is 1.72. The molecule has 2 N–H and O–H groups in total. The van der Waals surface area contributed by atoms with Gasteiger partial charge in [0.05, 0.1) is 31.2 Å². The summed E-state index contributed by atoms with van der Waals surface area (Å²) in [5, 5.41) is 23.3. The van der Waals surface area contributed by atoms with Gasteiger partial charge in [-0.1, -0.05) is 46.4 Å². The number of benzene rings is 2. The van der Waals surface area contributed by atoms with E-state index in [2.05, 4.69) is 5.32 Å². The van der Waals surface area contributed by atoms with Gasteiger partial charge >= 0.3 is 5.69 Å². The van der Waals surface area contributed by atoms with E-state index in [1.807, 2.05) is 0 Å². The average molecular weight is 396 g/mol. The Labute approximate surface area is 149 Å². The summed E-state index contributed by atoms with van der Waals surface area (Å²) in [6.07, 6.45) is 0. The molecular weight excluding hydrogens is 390 g/mol. The SMILES string of the molecule is O=C(Nc1cc(Cl)c(Cl)cc1Cl)c1ccc(Cl)c([N+](=O)[O-])c1O. The molecule has 6 nitrogen and oxygen atoms in total. The van der Waals surface area contributed by atoms with Gasteiger partial charge in [-0.25, -0.2) is 0 Å². The lowest BCUT2D eigenvalue weighted by Gasteiger charge is -2.10. The quantitative estimate of drug-likeness (QED) is 0.426. The number of nitrogens with one attached hydrogen (secondary N) is 1. The molecule has 0 aliphatic heterocycles. The summed E-state index contributed by atoms with van der Waals surface area (Å²) < 4.78 is 0. The maximum absolute atomic E-state index is 12.2. The van der Waals surface area contributed by atoms with Crippen LogP contribution >= 0.6 is 46.4 Å². The lowest BCUT2D eigenvalue weighted by atomic mass is 10.1. The number of anilines is 1. The number of phenolic OH excluding ortho intramolecular Hbond substituents is 1. The number of amides is 1. The first-order valence-electron chi connectivity index (χ1n) is 5.84. The second-order valence-electron chi connectivity index (χ2n) is 4.25. The summed E-state index contributed by atoms with van der Waals surface area (Å²) in [7, 11) is 0. The lowest BCUT2D eigenvalue weighted by molar-refractivity contribution is -0.385. The van der Waals surface area contributed by atoms with Crippen molar-refractivity contribution < 1.29 is 14.8 Å². The van der Waals surface area contributed by atoms with Crippen LogP contribution < -0.4 is 5.32 Å². The highest BCUT2D eigenvalue weighted by atomic mass is 35.5. The van der Waals surface area contributed by atoms with Crippen molar-refractivity contribution in [1.82, 2.24) is 0 Å². The molecule has 0 aliphatic carbocycles. The molecule has 120 valence electrons. The predicted molar refractivity (Wildman–Crippen MR) is 89.2 cm³/mol. The van der Waals surface area contributed by atoms with Crippen molar-refractivity contribution >= 4 is 63.7 Å². The first-order chi connectivity index (χ1) is 10.7. The molecule has 10 heteroatoms. The number of aromatic hydroxyl groups is 1. The van der Waals surface area contributed by atoms with Crippen molar-refractivity contribution in [3.8, 4) is 5.75 Å². The number of hydrogen-bond donors (Lipinski definition) is 2. The predicted octanol–water partition coefficient (Wildman–Crippen LogP) is 5.17.